The van der Waals surface area contributed by atoms with E-state index >= 15 is 0 Å². The Kier molecular flexibility index (Phi) is 5.55. The summed E-state index contributed by atoms with van der Waals surface area (Å²) in [5, 5.41) is 9.25. The monoisotopic (exact) mass is 466 g/mol. The van der Waals surface area contributed by atoms with Crippen LogP contribution >= 0.6 is 11.6 Å². The minimum Gasteiger partial charge on any atom is -0.368 e. The number of fused-ring (bicyclic) bond motifs is 1. The summed E-state index contributed by atoms with van der Waals surface area (Å²) in [7, 11) is 0. The number of carbonyl (C=O) groups excluding carboxylic acids is 1. The topological polar surface area (TPSA) is 75.7 Å². The molecule has 0 N–H and O–H groups in total. The van der Waals surface area contributed by atoms with Crippen LogP contribution < -0.4 is 10.6 Å². The van der Waals surface area contributed by atoms with E-state index in [1.165, 1.54) is 16.6 Å². The van der Waals surface area contributed by atoms with Crippen molar-refractivity contribution in [2.24, 2.45) is 0 Å². The predicted octanol–water partition coefficient (Wildman–Crippen LogP) is 2.70. The molecule has 2 aromatic heterocycles. The number of aromatic nitrogens is 4. The van der Waals surface area contributed by atoms with Gasteiger partial charge in [0.25, 0.3) is 0 Å². The number of hydrogen-bond acceptors (Lipinski definition) is 5. The van der Waals surface area contributed by atoms with Crippen molar-refractivity contribution in [3.05, 3.63) is 82.0 Å². The van der Waals surface area contributed by atoms with Gasteiger partial charge in [-0.3, -0.25) is 4.79 Å². The molecule has 3 heterocycles. The maximum atomic E-state index is 13.1. The Morgan fingerprint density at radius 1 is 0.909 bits per heavy atom. The van der Waals surface area contributed by atoms with Gasteiger partial charge in [0.15, 0.2) is 5.65 Å². The van der Waals surface area contributed by atoms with Gasteiger partial charge in [-0.25, -0.2) is 13.9 Å². The van der Waals surface area contributed by atoms with E-state index in [0.717, 1.165) is 15.9 Å². The first-order valence-electron chi connectivity index (χ1n) is 10.5. The highest BCUT2D eigenvalue weighted by molar-refractivity contribution is 6.30. The van der Waals surface area contributed by atoms with Crippen LogP contribution in [0.5, 0.6) is 0 Å². The zero-order valence-corrected chi connectivity index (χ0v) is 18.3. The largest absolute Gasteiger partial charge is 0.368 e. The number of benzene rings is 2. The fourth-order valence-electron chi connectivity index (χ4n) is 3.88. The van der Waals surface area contributed by atoms with Crippen molar-refractivity contribution in [2.75, 3.05) is 31.1 Å². The molecule has 0 aliphatic carbocycles. The van der Waals surface area contributed by atoms with E-state index in [0.29, 0.717) is 42.5 Å². The second-order valence-electron chi connectivity index (χ2n) is 7.78. The van der Waals surface area contributed by atoms with Gasteiger partial charge in [0, 0.05) is 42.5 Å². The number of piperazine rings is 1. The lowest BCUT2D eigenvalue weighted by atomic mass is 10.1. The molecule has 0 radical (unpaired) electrons. The maximum absolute atomic E-state index is 13.1. The number of halogens is 2. The van der Waals surface area contributed by atoms with Crippen LogP contribution in [0.3, 0.4) is 0 Å². The molecule has 33 heavy (non-hydrogen) atoms. The van der Waals surface area contributed by atoms with Gasteiger partial charge in [-0.15, -0.1) is 5.10 Å². The summed E-state index contributed by atoms with van der Waals surface area (Å²) in [6.45, 7) is 2.12. The zero-order chi connectivity index (χ0) is 22.9. The molecule has 168 valence electrons. The highest BCUT2D eigenvalue weighted by Crippen LogP contribution is 2.20. The standard InChI is InChI=1S/C23H20ClFN6O2/c24-17-3-1-16(2-4-17)20-9-10-21-27-30(23(33)31(21)26-20)15-22(32)29-13-11-28(12-14-29)19-7-5-18(25)6-8-19/h1-10H,11-15H2. The van der Waals surface area contributed by atoms with Crippen molar-refractivity contribution in [3.8, 4) is 11.3 Å². The molecule has 0 saturated carbocycles. The van der Waals surface area contributed by atoms with Crippen LogP contribution in [0.15, 0.2) is 65.5 Å². The Hall–Kier alpha value is -3.72. The number of anilines is 1. The first-order chi connectivity index (χ1) is 16.0. The fraction of sp³-hybridized carbons (Fsp3) is 0.217. The molecule has 0 spiro atoms. The molecule has 0 bridgehead atoms. The highest BCUT2D eigenvalue weighted by atomic mass is 35.5. The highest BCUT2D eigenvalue weighted by Gasteiger charge is 2.23. The van der Waals surface area contributed by atoms with E-state index in [-0.39, 0.29) is 18.3 Å². The second kappa shape index (κ2) is 8.67. The van der Waals surface area contributed by atoms with Gasteiger partial charge in [0.1, 0.15) is 12.4 Å². The van der Waals surface area contributed by atoms with Crippen LogP contribution in [0.2, 0.25) is 5.02 Å². The Labute approximate surface area is 193 Å². The summed E-state index contributed by atoms with van der Waals surface area (Å²) < 4.78 is 15.5. The Morgan fingerprint density at radius 2 is 1.61 bits per heavy atom. The van der Waals surface area contributed by atoms with Crippen LogP contribution in [0.25, 0.3) is 16.9 Å². The van der Waals surface area contributed by atoms with Gasteiger partial charge in [0.05, 0.1) is 5.69 Å². The Morgan fingerprint density at radius 3 is 2.30 bits per heavy atom. The fourth-order valence-corrected chi connectivity index (χ4v) is 4.01. The SMILES string of the molecule is O=C(Cn1nc2ccc(-c3ccc(Cl)cc3)nn2c1=O)N1CCN(c2ccc(F)cc2)CC1. The minimum atomic E-state index is -0.473. The molecule has 10 heteroatoms. The average Bonchev–Trinajstić information content (AvgIpc) is 3.14. The number of carbonyl (C=O) groups is 1. The van der Waals surface area contributed by atoms with Crippen LogP contribution in [0.1, 0.15) is 0 Å². The van der Waals surface area contributed by atoms with E-state index in [1.807, 2.05) is 12.1 Å². The van der Waals surface area contributed by atoms with Crippen molar-refractivity contribution in [1.82, 2.24) is 24.3 Å². The van der Waals surface area contributed by atoms with Crippen LogP contribution in [0, 0.1) is 5.82 Å². The van der Waals surface area contributed by atoms with Gasteiger partial charge in [-0.2, -0.15) is 9.61 Å². The molecule has 8 nitrogen and oxygen atoms in total. The van der Waals surface area contributed by atoms with Gasteiger partial charge >= 0.3 is 5.69 Å². The summed E-state index contributed by atoms with van der Waals surface area (Å²) in [5.74, 6) is -0.461. The first-order valence-corrected chi connectivity index (χ1v) is 10.9. The van der Waals surface area contributed by atoms with Crippen LogP contribution in [-0.4, -0.2) is 56.4 Å². The van der Waals surface area contributed by atoms with E-state index < -0.39 is 5.69 Å². The third kappa shape index (κ3) is 4.31. The lowest BCUT2D eigenvalue weighted by Gasteiger charge is -2.36. The smallest absolute Gasteiger partial charge is 0.367 e. The number of hydrogen-bond donors (Lipinski definition) is 0. The molecule has 1 fully saturated rings. The molecule has 4 aromatic rings. The van der Waals surface area contributed by atoms with Gasteiger partial charge in [0.2, 0.25) is 5.91 Å². The summed E-state index contributed by atoms with van der Waals surface area (Å²) in [6, 6.07) is 16.9. The minimum absolute atomic E-state index is 0.158. The molecule has 1 aliphatic heterocycles. The lowest BCUT2D eigenvalue weighted by Crippen LogP contribution is -2.50. The normalized spacial score (nSPS) is 14.1. The third-order valence-corrected chi connectivity index (χ3v) is 5.94. The summed E-state index contributed by atoms with van der Waals surface area (Å²) in [5.41, 5.74) is 2.23. The molecule has 2 aromatic carbocycles. The van der Waals surface area contributed by atoms with Crippen molar-refractivity contribution in [3.63, 3.8) is 0 Å². The summed E-state index contributed by atoms with van der Waals surface area (Å²) in [6.07, 6.45) is 0. The van der Waals surface area contributed by atoms with E-state index in [2.05, 4.69) is 15.1 Å². The number of rotatable bonds is 4. The molecule has 1 amide bonds. The predicted molar refractivity (Wildman–Crippen MR) is 123 cm³/mol. The first kappa shape index (κ1) is 21.1. The van der Waals surface area contributed by atoms with Gasteiger partial charge in [-0.05, 0) is 48.5 Å². The molecule has 1 saturated heterocycles. The summed E-state index contributed by atoms with van der Waals surface area (Å²) in [4.78, 5) is 29.5. The quantitative estimate of drug-likeness (QED) is 0.462. The Bertz CT molecular complexity index is 1360. The van der Waals surface area contributed by atoms with Crippen LogP contribution in [-0.2, 0) is 11.3 Å². The van der Waals surface area contributed by atoms with E-state index in [4.69, 9.17) is 11.6 Å². The average molecular weight is 467 g/mol. The second-order valence-corrected chi connectivity index (χ2v) is 8.22. The number of nitrogens with zero attached hydrogens (tertiary/aromatic N) is 6. The maximum Gasteiger partial charge on any atom is 0.367 e. The molecular weight excluding hydrogens is 447 g/mol. The number of amides is 1. The van der Waals surface area contributed by atoms with Crippen LogP contribution in [0.4, 0.5) is 10.1 Å². The molecule has 1 aliphatic rings. The van der Waals surface area contributed by atoms with Gasteiger partial charge in [-0.1, -0.05) is 23.7 Å². The van der Waals surface area contributed by atoms with Gasteiger partial charge < -0.3 is 9.80 Å². The van der Waals surface area contributed by atoms with Crippen molar-refractivity contribution in [2.45, 2.75) is 6.54 Å². The van der Waals surface area contributed by atoms with Crippen molar-refractivity contribution in [1.29, 1.82) is 0 Å². The summed E-state index contributed by atoms with van der Waals surface area (Å²) >= 11 is 5.94. The van der Waals surface area contributed by atoms with E-state index in [9.17, 15) is 14.0 Å². The molecule has 5 rings (SSSR count). The molecule has 0 unspecified atom stereocenters. The molecule has 0 atom stereocenters. The third-order valence-electron chi connectivity index (χ3n) is 5.69. The van der Waals surface area contributed by atoms with Crippen molar-refractivity contribution < 1.29 is 9.18 Å². The Balaban J connectivity index is 1.28. The molecular formula is C23H20ClFN6O2. The lowest BCUT2D eigenvalue weighted by molar-refractivity contribution is -0.132. The van der Waals surface area contributed by atoms with E-state index in [1.54, 1.807) is 41.3 Å². The van der Waals surface area contributed by atoms with Crippen molar-refractivity contribution >= 4 is 28.8 Å². The zero-order valence-electron chi connectivity index (χ0n) is 17.6.